The fourth-order valence-electron chi connectivity index (χ4n) is 1.58. The SMILES string of the molecule is CC.CNCCOCCOCCOCCOCCOCC(F)CNC(C)=O. The van der Waals surface area contributed by atoms with Gasteiger partial charge < -0.3 is 34.3 Å². The number of halogens is 1. The molecule has 1 amide bonds. The molecule has 0 saturated carbocycles. The van der Waals surface area contributed by atoms with Crippen molar-refractivity contribution in [3.63, 3.8) is 0 Å². The van der Waals surface area contributed by atoms with Crippen molar-refractivity contribution < 1.29 is 32.9 Å². The molecule has 164 valence electrons. The quantitative estimate of drug-likeness (QED) is 0.311. The zero-order chi connectivity index (χ0) is 20.6. The van der Waals surface area contributed by atoms with Crippen LogP contribution in [0, 0.1) is 0 Å². The Morgan fingerprint density at radius 1 is 0.815 bits per heavy atom. The number of rotatable bonds is 19. The fourth-order valence-corrected chi connectivity index (χ4v) is 1.58. The summed E-state index contributed by atoms with van der Waals surface area (Å²) in [6, 6.07) is 0. The predicted molar refractivity (Wildman–Crippen MR) is 103 cm³/mol. The Morgan fingerprint density at radius 2 is 1.22 bits per heavy atom. The van der Waals surface area contributed by atoms with Crippen LogP contribution < -0.4 is 10.6 Å². The molecule has 0 aromatic rings. The molecule has 0 spiro atoms. The molecule has 0 heterocycles. The van der Waals surface area contributed by atoms with Crippen LogP contribution in [0.2, 0.25) is 0 Å². The minimum Gasteiger partial charge on any atom is -0.378 e. The Kier molecular flexibility index (Phi) is 26.4. The minimum absolute atomic E-state index is 0.0336. The highest BCUT2D eigenvalue weighted by Gasteiger charge is 2.06. The maximum absolute atomic E-state index is 13.2. The summed E-state index contributed by atoms with van der Waals surface area (Å²) in [5.74, 6) is -0.255. The van der Waals surface area contributed by atoms with Crippen molar-refractivity contribution in [3.05, 3.63) is 0 Å². The van der Waals surface area contributed by atoms with E-state index in [4.69, 9.17) is 23.7 Å². The normalized spacial score (nSPS) is 11.6. The van der Waals surface area contributed by atoms with Crippen molar-refractivity contribution in [2.24, 2.45) is 0 Å². The van der Waals surface area contributed by atoms with Gasteiger partial charge in [0.15, 0.2) is 0 Å². The van der Waals surface area contributed by atoms with Gasteiger partial charge >= 0.3 is 0 Å². The Morgan fingerprint density at radius 3 is 1.63 bits per heavy atom. The van der Waals surface area contributed by atoms with E-state index in [9.17, 15) is 9.18 Å². The molecule has 0 aliphatic heterocycles. The average Bonchev–Trinajstić information content (AvgIpc) is 2.67. The molecule has 2 N–H and O–H groups in total. The molecule has 1 atom stereocenters. The summed E-state index contributed by atoms with van der Waals surface area (Å²) in [6.45, 7) is 10.5. The summed E-state index contributed by atoms with van der Waals surface area (Å²) in [5.41, 5.74) is 0. The molecule has 0 saturated heterocycles. The van der Waals surface area contributed by atoms with Gasteiger partial charge in [-0.05, 0) is 7.05 Å². The first kappa shape index (κ1) is 28.4. The third kappa shape index (κ3) is 27.5. The number of amides is 1. The number of ether oxygens (including phenoxy) is 5. The second-order valence-corrected chi connectivity index (χ2v) is 5.16. The van der Waals surface area contributed by atoms with Gasteiger partial charge in [0.1, 0.15) is 6.17 Å². The lowest BCUT2D eigenvalue weighted by Crippen LogP contribution is -2.30. The van der Waals surface area contributed by atoms with Gasteiger partial charge in [0.25, 0.3) is 0 Å². The average molecular weight is 399 g/mol. The van der Waals surface area contributed by atoms with Gasteiger partial charge in [-0.25, -0.2) is 4.39 Å². The van der Waals surface area contributed by atoms with E-state index >= 15 is 0 Å². The van der Waals surface area contributed by atoms with E-state index in [1.165, 1.54) is 6.92 Å². The Bertz CT molecular complexity index is 301. The van der Waals surface area contributed by atoms with Crippen molar-refractivity contribution in [2.45, 2.75) is 26.9 Å². The van der Waals surface area contributed by atoms with Crippen molar-refractivity contribution in [1.82, 2.24) is 10.6 Å². The third-order valence-corrected chi connectivity index (χ3v) is 2.86. The number of hydrogen-bond acceptors (Lipinski definition) is 7. The highest BCUT2D eigenvalue weighted by atomic mass is 19.1. The lowest BCUT2D eigenvalue weighted by Gasteiger charge is -2.10. The van der Waals surface area contributed by atoms with Crippen LogP contribution in [0.1, 0.15) is 20.8 Å². The van der Waals surface area contributed by atoms with Crippen LogP contribution in [-0.2, 0) is 28.5 Å². The van der Waals surface area contributed by atoms with E-state index in [2.05, 4.69) is 10.6 Å². The van der Waals surface area contributed by atoms with Crippen LogP contribution in [-0.4, -0.2) is 98.3 Å². The third-order valence-electron chi connectivity index (χ3n) is 2.86. The smallest absolute Gasteiger partial charge is 0.216 e. The monoisotopic (exact) mass is 398 g/mol. The summed E-state index contributed by atoms with van der Waals surface area (Å²) in [6.07, 6.45) is -1.21. The molecule has 1 unspecified atom stereocenters. The molecule has 0 radical (unpaired) electrons. The molecule has 8 nitrogen and oxygen atoms in total. The number of carbonyl (C=O) groups is 1. The summed E-state index contributed by atoms with van der Waals surface area (Å²) in [4.78, 5) is 10.6. The van der Waals surface area contributed by atoms with Crippen LogP contribution in [0.15, 0.2) is 0 Å². The number of nitrogens with one attached hydrogen (secondary N) is 2. The molecule has 0 aliphatic carbocycles. The van der Waals surface area contributed by atoms with E-state index in [1.54, 1.807) is 0 Å². The zero-order valence-corrected chi connectivity index (χ0v) is 17.4. The maximum atomic E-state index is 13.2. The Balaban J connectivity index is 0. The second kappa shape index (κ2) is 25.2. The highest BCUT2D eigenvalue weighted by molar-refractivity contribution is 5.72. The molecule has 9 heteroatoms. The zero-order valence-electron chi connectivity index (χ0n) is 17.4. The van der Waals surface area contributed by atoms with Gasteiger partial charge in [0.05, 0.1) is 72.6 Å². The van der Waals surface area contributed by atoms with Crippen LogP contribution >= 0.6 is 0 Å². The standard InChI is InChI=1S/C16H33FN2O6.C2H6/c1-15(20)19-13-16(17)14-25-12-11-24-10-9-23-8-7-22-6-5-21-4-3-18-2;1-2/h16,18H,3-14H2,1-2H3,(H,19,20);1-2H3. The molecule has 0 rings (SSSR count). The largest absolute Gasteiger partial charge is 0.378 e. The first-order valence-electron chi connectivity index (χ1n) is 9.58. The molecular weight excluding hydrogens is 359 g/mol. The summed E-state index contributed by atoms with van der Waals surface area (Å²) < 4.78 is 39.6. The van der Waals surface area contributed by atoms with Gasteiger partial charge in [-0.2, -0.15) is 0 Å². The predicted octanol–water partition coefficient (Wildman–Crippen LogP) is 0.789. The minimum atomic E-state index is -1.21. The van der Waals surface area contributed by atoms with Gasteiger partial charge in [0, 0.05) is 13.5 Å². The van der Waals surface area contributed by atoms with E-state index in [1.807, 2.05) is 20.9 Å². The van der Waals surface area contributed by atoms with Crippen molar-refractivity contribution in [1.29, 1.82) is 0 Å². The van der Waals surface area contributed by atoms with E-state index in [0.717, 1.165) is 6.54 Å². The topological polar surface area (TPSA) is 87.3 Å². The first-order chi connectivity index (χ1) is 13.2. The summed E-state index contributed by atoms with van der Waals surface area (Å²) in [7, 11) is 1.88. The van der Waals surface area contributed by atoms with E-state index in [-0.39, 0.29) is 19.1 Å². The first-order valence-corrected chi connectivity index (χ1v) is 9.58. The molecular formula is C18H39FN2O6. The summed E-state index contributed by atoms with van der Waals surface area (Å²) >= 11 is 0. The molecule has 27 heavy (non-hydrogen) atoms. The van der Waals surface area contributed by atoms with Crippen LogP contribution in [0.4, 0.5) is 4.39 Å². The van der Waals surface area contributed by atoms with E-state index in [0.29, 0.717) is 59.5 Å². The molecule has 0 aliphatic rings. The molecule has 0 aromatic heterocycles. The number of hydrogen-bond donors (Lipinski definition) is 2. The van der Waals surface area contributed by atoms with Gasteiger partial charge in [-0.15, -0.1) is 0 Å². The summed E-state index contributed by atoms with van der Waals surface area (Å²) in [5, 5.41) is 5.38. The van der Waals surface area contributed by atoms with Crippen LogP contribution in [0.25, 0.3) is 0 Å². The van der Waals surface area contributed by atoms with Gasteiger partial charge in [-0.1, -0.05) is 13.8 Å². The van der Waals surface area contributed by atoms with E-state index < -0.39 is 6.17 Å². The lowest BCUT2D eigenvalue weighted by molar-refractivity contribution is -0.119. The van der Waals surface area contributed by atoms with Gasteiger partial charge in [-0.3, -0.25) is 4.79 Å². The van der Waals surface area contributed by atoms with Crippen LogP contribution in [0.5, 0.6) is 0 Å². The van der Waals surface area contributed by atoms with Crippen molar-refractivity contribution in [2.75, 3.05) is 86.2 Å². The maximum Gasteiger partial charge on any atom is 0.216 e. The number of likely N-dealkylation sites (N-methyl/N-ethyl adjacent to an activating group) is 1. The Labute approximate surface area is 163 Å². The second-order valence-electron chi connectivity index (χ2n) is 5.16. The Hall–Kier alpha value is -0.840. The highest BCUT2D eigenvalue weighted by Crippen LogP contribution is 1.91. The number of carbonyl (C=O) groups excluding carboxylic acids is 1. The molecule has 0 bridgehead atoms. The molecule has 0 aromatic carbocycles. The van der Waals surface area contributed by atoms with Gasteiger partial charge in [0.2, 0.25) is 5.91 Å². The number of alkyl halides is 1. The van der Waals surface area contributed by atoms with Crippen LogP contribution in [0.3, 0.4) is 0 Å². The molecule has 0 fully saturated rings. The van der Waals surface area contributed by atoms with Crippen molar-refractivity contribution >= 4 is 5.91 Å². The lowest BCUT2D eigenvalue weighted by atomic mass is 10.4. The fraction of sp³-hybridized carbons (Fsp3) is 0.944. The van der Waals surface area contributed by atoms with Crippen molar-refractivity contribution in [3.8, 4) is 0 Å².